The highest BCUT2D eigenvalue weighted by molar-refractivity contribution is 7.88. The SMILES string of the molecule is CC1(NC(=O)C2CCN(S(C)(=O)=O)CC2)CCCCC1C(=O)O. The van der Waals surface area contributed by atoms with Gasteiger partial charge < -0.3 is 10.4 Å². The average molecular weight is 346 g/mol. The minimum absolute atomic E-state index is 0.145. The second-order valence-corrected chi connectivity index (χ2v) is 8.96. The van der Waals surface area contributed by atoms with Crippen molar-refractivity contribution in [3.8, 4) is 0 Å². The topological polar surface area (TPSA) is 104 Å². The summed E-state index contributed by atoms with van der Waals surface area (Å²) in [4.78, 5) is 24.0. The molecule has 1 aliphatic carbocycles. The number of carboxylic acids is 1. The molecule has 1 saturated carbocycles. The van der Waals surface area contributed by atoms with Crippen LogP contribution in [-0.4, -0.2) is 54.6 Å². The Morgan fingerprint density at radius 3 is 2.30 bits per heavy atom. The largest absolute Gasteiger partial charge is 0.481 e. The van der Waals surface area contributed by atoms with Crippen LogP contribution < -0.4 is 5.32 Å². The molecule has 1 heterocycles. The van der Waals surface area contributed by atoms with E-state index in [0.29, 0.717) is 38.8 Å². The van der Waals surface area contributed by atoms with E-state index in [1.165, 1.54) is 10.6 Å². The van der Waals surface area contributed by atoms with E-state index in [0.717, 1.165) is 12.8 Å². The molecule has 8 heteroatoms. The summed E-state index contributed by atoms with van der Waals surface area (Å²) in [6.07, 6.45) is 5.16. The van der Waals surface area contributed by atoms with Crippen molar-refractivity contribution in [1.82, 2.24) is 9.62 Å². The molecule has 1 aliphatic heterocycles. The van der Waals surface area contributed by atoms with Gasteiger partial charge in [0.1, 0.15) is 0 Å². The summed E-state index contributed by atoms with van der Waals surface area (Å²) in [5, 5.41) is 12.4. The fourth-order valence-corrected chi connectivity index (χ4v) is 4.59. The predicted molar refractivity (Wildman–Crippen MR) is 85.3 cm³/mol. The third kappa shape index (κ3) is 4.23. The van der Waals surface area contributed by atoms with Crippen LogP contribution in [0.15, 0.2) is 0 Å². The van der Waals surface area contributed by atoms with E-state index in [2.05, 4.69) is 5.32 Å². The summed E-state index contributed by atoms with van der Waals surface area (Å²) in [6, 6.07) is 0. The zero-order valence-corrected chi connectivity index (χ0v) is 14.6. The number of carboxylic acid groups (broad SMARTS) is 1. The van der Waals surface area contributed by atoms with Gasteiger partial charge >= 0.3 is 5.97 Å². The zero-order valence-electron chi connectivity index (χ0n) is 13.7. The van der Waals surface area contributed by atoms with Gasteiger partial charge in [-0.15, -0.1) is 0 Å². The van der Waals surface area contributed by atoms with Crippen LogP contribution in [0.1, 0.15) is 45.4 Å². The number of piperidine rings is 1. The molecule has 2 fully saturated rings. The Balaban J connectivity index is 1.98. The van der Waals surface area contributed by atoms with Crippen LogP contribution in [0.5, 0.6) is 0 Å². The Morgan fingerprint density at radius 2 is 1.78 bits per heavy atom. The maximum absolute atomic E-state index is 12.5. The quantitative estimate of drug-likeness (QED) is 0.784. The molecule has 23 heavy (non-hydrogen) atoms. The third-order valence-electron chi connectivity index (χ3n) is 5.21. The van der Waals surface area contributed by atoms with Crippen LogP contribution in [0.25, 0.3) is 0 Å². The van der Waals surface area contributed by atoms with Gasteiger partial charge in [-0.1, -0.05) is 12.8 Å². The number of aliphatic carboxylic acids is 1. The molecule has 0 aromatic carbocycles. The van der Waals surface area contributed by atoms with E-state index >= 15 is 0 Å². The minimum Gasteiger partial charge on any atom is -0.481 e. The van der Waals surface area contributed by atoms with E-state index in [1.807, 2.05) is 6.92 Å². The first kappa shape index (κ1) is 18.2. The van der Waals surface area contributed by atoms with Crippen molar-refractivity contribution in [2.24, 2.45) is 11.8 Å². The molecule has 2 aliphatic rings. The summed E-state index contributed by atoms with van der Waals surface area (Å²) < 4.78 is 24.4. The Kier molecular flexibility index (Phi) is 5.35. The van der Waals surface area contributed by atoms with Gasteiger partial charge in [0, 0.05) is 19.0 Å². The lowest BCUT2D eigenvalue weighted by atomic mass is 9.73. The van der Waals surface area contributed by atoms with E-state index < -0.39 is 27.4 Å². The van der Waals surface area contributed by atoms with Crippen LogP contribution in [0, 0.1) is 11.8 Å². The molecule has 132 valence electrons. The second kappa shape index (κ2) is 6.76. The molecular formula is C15H26N2O5S. The number of nitrogens with zero attached hydrogens (tertiary/aromatic N) is 1. The Bertz CT molecular complexity index is 568. The standard InChI is InChI=1S/C15H26N2O5S/c1-15(8-4-3-5-12(15)14(19)20)16-13(18)11-6-9-17(10-7-11)23(2,21)22/h11-12H,3-10H2,1-2H3,(H,16,18)(H,19,20). The van der Waals surface area contributed by atoms with E-state index in [1.54, 1.807) is 0 Å². The van der Waals surface area contributed by atoms with Gasteiger partial charge in [0.25, 0.3) is 0 Å². The number of sulfonamides is 1. The molecule has 1 amide bonds. The van der Waals surface area contributed by atoms with Crippen molar-refractivity contribution in [3.05, 3.63) is 0 Å². The molecule has 2 atom stereocenters. The van der Waals surface area contributed by atoms with Crippen LogP contribution >= 0.6 is 0 Å². The van der Waals surface area contributed by atoms with Gasteiger partial charge in [-0.3, -0.25) is 9.59 Å². The summed E-state index contributed by atoms with van der Waals surface area (Å²) in [7, 11) is -3.21. The van der Waals surface area contributed by atoms with Gasteiger partial charge in [0.05, 0.1) is 17.7 Å². The van der Waals surface area contributed by atoms with Crippen LogP contribution in [0.3, 0.4) is 0 Å². The smallest absolute Gasteiger partial charge is 0.308 e. The lowest BCUT2D eigenvalue weighted by Gasteiger charge is -2.41. The number of amides is 1. The first-order valence-corrected chi connectivity index (χ1v) is 9.98. The van der Waals surface area contributed by atoms with Gasteiger partial charge in [0.2, 0.25) is 15.9 Å². The summed E-state index contributed by atoms with van der Waals surface area (Å²) in [5.74, 6) is -1.81. The van der Waals surface area contributed by atoms with Gasteiger partial charge in [-0.2, -0.15) is 0 Å². The first-order chi connectivity index (χ1) is 10.6. The summed E-state index contributed by atoms with van der Waals surface area (Å²) >= 11 is 0. The number of hydrogen-bond donors (Lipinski definition) is 2. The molecule has 0 bridgehead atoms. The molecule has 2 N–H and O–H groups in total. The van der Waals surface area contributed by atoms with Crippen LogP contribution in [-0.2, 0) is 19.6 Å². The third-order valence-corrected chi connectivity index (χ3v) is 6.51. The number of carbonyl (C=O) groups is 2. The molecule has 0 aromatic rings. The number of rotatable bonds is 4. The molecule has 1 saturated heterocycles. The van der Waals surface area contributed by atoms with E-state index in [-0.39, 0.29) is 11.8 Å². The van der Waals surface area contributed by atoms with Gasteiger partial charge in [-0.05, 0) is 32.6 Å². The highest BCUT2D eigenvalue weighted by Crippen LogP contribution is 2.34. The monoisotopic (exact) mass is 346 g/mol. The minimum atomic E-state index is -3.21. The van der Waals surface area contributed by atoms with E-state index in [9.17, 15) is 23.1 Å². The van der Waals surface area contributed by atoms with Crippen molar-refractivity contribution in [1.29, 1.82) is 0 Å². The molecule has 0 aromatic heterocycles. The summed E-state index contributed by atoms with van der Waals surface area (Å²) in [6.45, 7) is 2.50. The molecule has 0 radical (unpaired) electrons. The predicted octanol–water partition coefficient (Wildman–Crippen LogP) is 0.808. The Morgan fingerprint density at radius 1 is 1.17 bits per heavy atom. The molecule has 2 unspecified atom stereocenters. The van der Waals surface area contributed by atoms with Crippen molar-refractivity contribution >= 4 is 21.9 Å². The number of nitrogens with one attached hydrogen (secondary N) is 1. The summed E-state index contributed by atoms with van der Waals surface area (Å²) in [5.41, 5.74) is -0.713. The molecule has 7 nitrogen and oxygen atoms in total. The lowest BCUT2D eigenvalue weighted by Crippen LogP contribution is -2.57. The van der Waals surface area contributed by atoms with Crippen molar-refractivity contribution in [2.75, 3.05) is 19.3 Å². The maximum atomic E-state index is 12.5. The van der Waals surface area contributed by atoms with E-state index in [4.69, 9.17) is 0 Å². The molecule has 2 rings (SSSR count). The fraction of sp³-hybridized carbons (Fsp3) is 0.867. The van der Waals surface area contributed by atoms with Gasteiger partial charge in [0.15, 0.2) is 0 Å². The molecular weight excluding hydrogens is 320 g/mol. The number of hydrogen-bond acceptors (Lipinski definition) is 4. The Hall–Kier alpha value is -1.15. The van der Waals surface area contributed by atoms with Crippen molar-refractivity contribution in [2.45, 2.75) is 51.0 Å². The van der Waals surface area contributed by atoms with Crippen LogP contribution in [0.2, 0.25) is 0 Å². The zero-order chi connectivity index (χ0) is 17.3. The van der Waals surface area contributed by atoms with Crippen molar-refractivity contribution < 1.29 is 23.1 Å². The van der Waals surface area contributed by atoms with Crippen LogP contribution in [0.4, 0.5) is 0 Å². The maximum Gasteiger partial charge on any atom is 0.308 e. The first-order valence-electron chi connectivity index (χ1n) is 8.13. The highest BCUT2D eigenvalue weighted by Gasteiger charge is 2.43. The number of carbonyl (C=O) groups excluding carboxylic acids is 1. The lowest BCUT2D eigenvalue weighted by molar-refractivity contribution is -0.147. The normalized spacial score (nSPS) is 30.8. The average Bonchev–Trinajstić information content (AvgIpc) is 2.46. The second-order valence-electron chi connectivity index (χ2n) is 6.98. The molecule has 0 spiro atoms. The van der Waals surface area contributed by atoms with Crippen molar-refractivity contribution in [3.63, 3.8) is 0 Å². The highest BCUT2D eigenvalue weighted by atomic mass is 32.2. The Labute approximate surface area is 137 Å². The van der Waals surface area contributed by atoms with Gasteiger partial charge in [-0.25, -0.2) is 12.7 Å². The fourth-order valence-electron chi connectivity index (χ4n) is 3.71.